The summed E-state index contributed by atoms with van der Waals surface area (Å²) in [6.07, 6.45) is 3.30. The molecule has 1 saturated carbocycles. The second-order valence-electron chi connectivity index (χ2n) is 4.31. The molecule has 2 fully saturated rings. The quantitative estimate of drug-likeness (QED) is 0.443. The van der Waals surface area contributed by atoms with Gasteiger partial charge in [-0.25, -0.2) is 0 Å². The molecule has 0 bridgehead atoms. The Morgan fingerprint density at radius 1 is 1.62 bits per heavy atom. The number of rotatable bonds is 4. The van der Waals surface area contributed by atoms with Crippen molar-refractivity contribution in [3.8, 4) is 0 Å². The van der Waals surface area contributed by atoms with E-state index in [1.807, 2.05) is 0 Å². The molecule has 16 heavy (non-hydrogen) atoms. The molecule has 94 valence electrons. The fourth-order valence-corrected chi connectivity index (χ4v) is 1.65. The van der Waals surface area contributed by atoms with Gasteiger partial charge >= 0.3 is 0 Å². The van der Waals surface area contributed by atoms with Crippen molar-refractivity contribution in [3.05, 3.63) is 0 Å². The lowest BCUT2D eigenvalue weighted by Crippen LogP contribution is -2.39. The summed E-state index contributed by atoms with van der Waals surface area (Å²) >= 11 is 0. The zero-order chi connectivity index (χ0) is 10.7. The van der Waals surface area contributed by atoms with Gasteiger partial charge in [-0.2, -0.15) is 0 Å². The van der Waals surface area contributed by atoms with Crippen molar-refractivity contribution in [2.75, 3.05) is 26.9 Å². The van der Waals surface area contributed by atoms with Crippen molar-refractivity contribution in [1.82, 2.24) is 5.32 Å². The van der Waals surface area contributed by atoms with Crippen LogP contribution in [0.15, 0.2) is 4.99 Å². The highest BCUT2D eigenvalue weighted by Crippen LogP contribution is 2.23. The average molecular weight is 341 g/mol. The fourth-order valence-electron chi connectivity index (χ4n) is 1.65. The smallest absolute Gasteiger partial charge is 0.188 e. The standard InChI is InChI=1S/C10H19N3O2.HI/c1-14-10(4-5-15-7-10)6-12-9(11)13-8-2-3-8;/h8H,2-7H2,1H3,(H3,11,12,13);1H. The predicted molar refractivity (Wildman–Crippen MR) is 73.2 cm³/mol. The van der Waals surface area contributed by atoms with Gasteiger partial charge in [-0.05, 0) is 12.8 Å². The molecule has 1 aliphatic heterocycles. The third-order valence-electron chi connectivity index (χ3n) is 2.97. The van der Waals surface area contributed by atoms with Gasteiger partial charge in [0.1, 0.15) is 5.60 Å². The molecule has 0 amide bonds. The summed E-state index contributed by atoms with van der Waals surface area (Å²) in [6, 6.07) is 0.548. The van der Waals surface area contributed by atoms with Crippen molar-refractivity contribution in [1.29, 1.82) is 0 Å². The van der Waals surface area contributed by atoms with Crippen LogP contribution in [0.5, 0.6) is 0 Å². The molecule has 3 N–H and O–H groups in total. The highest BCUT2D eigenvalue weighted by atomic mass is 127. The second-order valence-corrected chi connectivity index (χ2v) is 4.31. The summed E-state index contributed by atoms with van der Waals surface area (Å²) in [7, 11) is 1.70. The number of nitrogens with two attached hydrogens (primary N) is 1. The van der Waals surface area contributed by atoms with Crippen molar-refractivity contribution in [2.45, 2.75) is 30.9 Å². The Bertz CT molecular complexity index is 250. The molecule has 0 radical (unpaired) electrons. The zero-order valence-electron chi connectivity index (χ0n) is 9.57. The monoisotopic (exact) mass is 341 g/mol. The zero-order valence-corrected chi connectivity index (χ0v) is 11.9. The SMILES string of the molecule is COC1(CN=C(N)NC2CC2)CCOC1.I. The first-order chi connectivity index (χ1) is 7.24. The topological polar surface area (TPSA) is 68.9 Å². The molecule has 1 saturated heterocycles. The van der Waals surface area contributed by atoms with Gasteiger partial charge in [0.05, 0.1) is 13.2 Å². The summed E-state index contributed by atoms with van der Waals surface area (Å²) in [5, 5.41) is 3.15. The van der Waals surface area contributed by atoms with E-state index in [-0.39, 0.29) is 29.6 Å². The Morgan fingerprint density at radius 3 is 2.88 bits per heavy atom. The van der Waals surface area contributed by atoms with Crippen LogP contribution < -0.4 is 11.1 Å². The second kappa shape index (κ2) is 6.02. The van der Waals surface area contributed by atoms with Gasteiger partial charge in [0.25, 0.3) is 0 Å². The van der Waals surface area contributed by atoms with Crippen LogP contribution in [0.1, 0.15) is 19.3 Å². The molecule has 1 atom stereocenters. The normalized spacial score (nSPS) is 29.9. The van der Waals surface area contributed by atoms with E-state index in [9.17, 15) is 0 Å². The Morgan fingerprint density at radius 2 is 2.38 bits per heavy atom. The maximum atomic E-state index is 5.75. The Labute approximate surface area is 113 Å². The van der Waals surface area contributed by atoms with Gasteiger partial charge in [0, 0.05) is 26.2 Å². The van der Waals surface area contributed by atoms with Gasteiger partial charge in [-0.15, -0.1) is 24.0 Å². The van der Waals surface area contributed by atoms with Crippen LogP contribution in [0.3, 0.4) is 0 Å². The average Bonchev–Trinajstić information content (AvgIpc) is 2.93. The van der Waals surface area contributed by atoms with E-state index in [2.05, 4.69) is 10.3 Å². The molecular formula is C10H20IN3O2. The van der Waals surface area contributed by atoms with E-state index in [4.69, 9.17) is 15.2 Å². The number of nitrogens with one attached hydrogen (secondary N) is 1. The lowest BCUT2D eigenvalue weighted by Gasteiger charge is -2.23. The van der Waals surface area contributed by atoms with Gasteiger partial charge in [0.2, 0.25) is 0 Å². The van der Waals surface area contributed by atoms with Crippen LogP contribution in [-0.2, 0) is 9.47 Å². The van der Waals surface area contributed by atoms with Crippen molar-refractivity contribution >= 4 is 29.9 Å². The molecule has 0 aromatic rings. The molecule has 0 aromatic carbocycles. The Kier molecular flexibility index (Phi) is 5.26. The number of aliphatic imine (C=N–C) groups is 1. The van der Waals surface area contributed by atoms with Crippen LogP contribution in [0, 0.1) is 0 Å². The number of halogens is 1. The molecule has 1 aliphatic carbocycles. The maximum absolute atomic E-state index is 5.75. The van der Waals surface area contributed by atoms with Crippen molar-refractivity contribution in [3.63, 3.8) is 0 Å². The summed E-state index contributed by atoms with van der Waals surface area (Å²) < 4.78 is 10.8. The number of guanidine groups is 1. The van der Waals surface area contributed by atoms with Crippen molar-refractivity contribution < 1.29 is 9.47 Å². The van der Waals surface area contributed by atoms with Gasteiger partial charge in [0.15, 0.2) is 5.96 Å². The highest BCUT2D eigenvalue weighted by molar-refractivity contribution is 14.0. The van der Waals surface area contributed by atoms with Crippen LogP contribution in [0.2, 0.25) is 0 Å². The number of nitrogens with zero attached hydrogens (tertiary/aromatic N) is 1. The molecule has 2 rings (SSSR count). The third kappa shape index (κ3) is 3.74. The number of methoxy groups -OCH3 is 1. The minimum atomic E-state index is -0.254. The van der Waals surface area contributed by atoms with E-state index in [0.29, 0.717) is 25.2 Å². The summed E-state index contributed by atoms with van der Waals surface area (Å²) in [5.41, 5.74) is 5.49. The Balaban J connectivity index is 0.00000128. The molecule has 1 heterocycles. The van der Waals surface area contributed by atoms with E-state index in [1.165, 1.54) is 12.8 Å². The molecule has 5 nitrogen and oxygen atoms in total. The minimum absolute atomic E-state index is 0. The largest absolute Gasteiger partial charge is 0.378 e. The van der Waals surface area contributed by atoms with E-state index >= 15 is 0 Å². The predicted octanol–water partition coefficient (Wildman–Crippen LogP) is 0.477. The molecule has 2 aliphatic rings. The third-order valence-corrected chi connectivity index (χ3v) is 2.97. The number of ether oxygens (including phenoxy) is 2. The Hall–Kier alpha value is -0.0800. The number of hydrogen-bond donors (Lipinski definition) is 2. The van der Waals surface area contributed by atoms with Gasteiger partial charge < -0.3 is 20.5 Å². The maximum Gasteiger partial charge on any atom is 0.188 e. The van der Waals surface area contributed by atoms with E-state index in [0.717, 1.165) is 13.0 Å². The molecule has 1 unspecified atom stereocenters. The summed E-state index contributed by atoms with van der Waals surface area (Å²) in [4.78, 5) is 4.31. The molecule has 0 aromatic heterocycles. The fraction of sp³-hybridized carbons (Fsp3) is 0.900. The van der Waals surface area contributed by atoms with Crippen molar-refractivity contribution in [2.24, 2.45) is 10.7 Å². The first-order valence-corrected chi connectivity index (χ1v) is 5.43. The lowest BCUT2D eigenvalue weighted by atomic mass is 10.0. The molecule has 6 heteroatoms. The lowest BCUT2D eigenvalue weighted by molar-refractivity contribution is -0.00905. The van der Waals surface area contributed by atoms with Crippen LogP contribution in [0.25, 0.3) is 0 Å². The number of hydrogen-bond acceptors (Lipinski definition) is 3. The van der Waals surface area contributed by atoms with Crippen LogP contribution >= 0.6 is 24.0 Å². The van der Waals surface area contributed by atoms with Crippen LogP contribution in [-0.4, -0.2) is 44.5 Å². The molecular weight excluding hydrogens is 321 g/mol. The molecule has 0 spiro atoms. The summed E-state index contributed by atoms with van der Waals surface area (Å²) in [6.45, 7) is 1.94. The van der Waals surface area contributed by atoms with E-state index in [1.54, 1.807) is 7.11 Å². The van der Waals surface area contributed by atoms with Gasteiger partial charge in [-0.1, -0.05) is 0 Å². The highest BCUT2D eigenvalue weighted by Gasteiger charge is 2.34. The van der Waals surface area contributed by atoms with Gasteiger partial charge in [-0.3, -0.25) is 4.99 Å². The van der Waals surface area contributed by atoms with Crippen LogP contribution in [0.4, 0.5) is 0 Å². The van der Waals surface area contributed by atoms with E-state index < -0.39 is 0 Å². The first-order valence-electron chi connectivity index (χ1n) is 5.43. The first kappa shape index (κ1) is 14.0. The summed E-state index contributed by atoms with van der Waals surface area (Å²) in [5.74, 6) is 0.529. The minimum Gasteiger partial charge on any atom is -0.378 e.